The van der Waals surface area contributed by atoms with Crippen LogP contribution in [-0.4, -0.2) is 29.2 Å². The molecule has 0 aromatic heterocycles. The van der Waals surface area contributed by atoms with Crippen LogP contribution in [0.15, 0.2) is 29.4 Å². The van der Waals surface area contributed by atoms with Gasteiger partial charge in [0.2, 0.25) is 5.71 Å². The van der Waals surface area contributed by atoms with Gasteiger partial charge < -0.3 is 9.84 Å². The van der Waals surface area contributed by atoms with Crippen LogP contribution in [0.4, 0.5) is 5.69 Å². The molecule has 0 bridgehead atoms. The number of carbonyl (C=O) groups excluding carboxylic acids is 2. The number of ketones is 1. The van der Waals surface area contributed by atoms with Crippen LogP contribution in [0.25, 0.3) is 0 Å². The Hall–Kier alpha value is -2.37. The van der Waals surface area contributed by atoms with Crippen molar-refractivity contribution in [2.75, 3.05) is 12.0 Å². The van der Waals surface area contributed by atoms with Gasteiger partial charge in [-0.25, -0.2) is 4.79 Å². The number of phenols is 1. The highest BCUT2D eigenvalue weighted by atomic mass is 16.5. The predicted octanol–water partition coefficient (Wildman–Crippen LogP) is 1.31. The monoisotopic (exact) mass is 250 g/mol. The van der Waals surface area contributed by atoms with E-state index in [-0.39, 0.29) is 18.1 Å². The molecule has 1 rings (SSSR count). The Morgan fingerprint density at radius 3 is 2.44 bits per heavy atom. The maximum Gasteiger partial charge on any atom is 0.362 e. The number of hydrazone groups is 1. The van der Waals surface area contributed by atoms with Crippen LogP contribution < -0.4 is 5.43 Å². The second-order valence-corrected chi connectivity index (χ2v) is 3.40. The van der Waals surface area contributed by atoms with Gasteiger partial charge in [-0.1, -0.05) is 0 Å². The first kappa shape index (κ1) is 13.7. The van der Waals surface area contributed by atoms with E-state index < -0.39 is 11.8 Å². The molecule has 0 unspecified atom stereocenters. The molecule has 96 valence electrons. The fourth-order valence-electron chi connectivity index (χ4n) is 1.12. The largest absolute Gasteiger partial charge is 0.508 e. The molecule has 6 heteroatoms. The molecule has 6 nitrogen and oxygen atoms in total. The lowest BCUT2D eigenvalue weighted by Gasteiger charge is -2.04. The number of aromatic hydroxyl groups is 1. The topological polar surface area (TPSA) is 88.0 Å². The van der Waals surface area contributed by atoms with Crippen molar-refractivity contribution in [3.63, 3.8) is 0 Å². The summed E-state index contributed by atoms with van der Waals surface area (Å²) >= 11 is 0. The standard InChI is InChI=1S/C12H14N2O4/c1-3-18-12(17)11(8(2)15)14-13-9-4-6-10(16)7-5-9/h4-7,13,16H,3H2,1-2H3/b14-11+. The number of benzene rings is 1. The van der Waals surface area contributed by atoms with Gasteiger partial charge in [0.25, 0.3) is 0 Å². The molecule has 0 radical (unpaired) electrons. The quantitative estimate of drug-likeness (QED) is 0.270. The summed E-state index contributed by atoms with van der Waals surface area (Å²) in [4.78, 5) is 22.6. The summed E-state index contributed by atoms with van der Waals surface area (Å²) in [7, 11) is 0. The molecule has 0 amide bonds. The summed E-state index contributed by atoms with van der Waals surface area (Å²) in [5.41, 5.74) is 2.78. The summed E-state index contributed by atoms with van der Waals surface area (Å²) in [6, 6.07) is 6.02. The maximum absolute atomic E-state index is 11.4. The molecule has 0 spiro atoms. The molecule has 1 aromatic rings. The highest BCUT2D eigenvalue weighted by molar-refractivity contribution is 6.64. The van der Waals surface area contributed by atoms with E-state index in [9.17, 15) is 9.59 Å². The molecule has 1 aromatic carbocycles. The fourth-order valence-corrected chi connectivity index (χ4v) is 1.12. The predicted molar refractivity (Wildman–Crippen MR) is 66.5 cm³/mol. The van der Waals surface area contributed by atoms with E-state index in [0.717, 1.165) is 0 Å². The molecule has 0 aliphatic carbocycles. The van der Waals surface area contributed by atoms with Gasteiger partial charge in [-0.3, -0.25) is 10.2 Å². The summed E-state index contributed by atoms with van der Waals surface area (Å²) in [6.07, 6.45) is 0. The lowest BCUT2D eigenvalue weighted by Crippen LogP contribution is -2.25. The molecule has 0 aliphatic heterocycles. The van der Waals surface area contributed by atoms with E-state index in [2.05, 4.69) is 10.5 Å². The Bertz CT molecular complexity index is 465. The second kappa shape index (κ2) is 6.39. The van der Waals surface area contributed by atoms with Crippen LogP contribution in [0.5, 0.6) is 5.75 Å². The van der Waals surface area contributed by atoms with Crippen molar-refractivity contribution < 1.29 is 19.4 Å². The second-order valence-electron chi connectivity index (χ2n) is 3.40. The SMILES string of the molecule is CCOC(=O)/C(=N/Nc1ccc(O)cc1)C(C)=O. The molecule has 0 saturated carbocycles. The van der Waals surface area contributed by atoms with Crippen molar-refractivity contribution in [2.45, 2.75) is 13.8 Å². The van der Waals surface area contributed by atoms with E-state index in [1.165, 1.54) is 19.1 Å². The lowest BCUT2D eigenvalue weighted by atomic mass is 10.3. The number of nitrogens with one attached hydrogen (secondary N) is 1. The van der Waals surface area contributed by atoms with Gasteiger partial charge in [-0.15, -0.1) is 0 Å². The Morgan fingerprint density at radius 1 is 1.33 bits per heavy atom. The highest BCUT2D eigenvalue weighted by Crippen LogP contribution is 2.13. The number of carbonyl (C=O) groups is 2. The first-order valence-electron chi connectivity index (χ1n) is 5.35. The van der Waals surface area contributed by atoms with E-state index in [4.69, 9.17) is 9.84 Å². The minimum absolute atomic E-state index is 0.113. The van der Waals surface area contributed by atoms with Gasteiger partial charge in [0, 0.05) is 6.92 Å². The number of hydrogen-bond donors (Lipinski definition) is 2. The van der Waals surface area contributed by atoms with Crippen LogP contribution in [-0.2, 0) is 14.3 Å². The third-order valence-corrected chi connectivity index (χ3v) is 1.97. The molecule has 0 saturated heterocycles. The molecular weight excluding hydrogens is 236 g/mol. The minimum Gasteiger partial charge on any atom is -0.508 e. The van der Waals surface area contributed by atoms with Crippen molar-refractivity contribution in [3.05, 3.63) is 24.3 Å². The number of Topliss-reactive ketones (excluding diaryl/α,β-unsaturated/α-hetero) is 1. The number of ether oxygens (including phenoxy) is 1. The van der Waals surface area contributed by atoms with Crippen LogP contribution in [0.1, 0.15) is 13.8 Å². The maximum atomic E-state index is 11.4. The fraction of sp³-hybridized carbons (Fsp3) is 0.250. The van der Waals surface area contributed by atoms with Gasteiger partial charge in [0.1, 0.15) is 5.75 Å². The summed E-state index contributed by atoms with van der Waals surface area (Å²) in [5, 5.41) is 12.8. The zero-order valence-corrected chi connectivity index (χ0v) is 10.1. The van der Waals surface area contributed by atoms with Crippen molar-refractivity contribution in [1.82, 2.24) is 0 Å². The summed E-state index contributed by atoms with van der Waals surface area (Å²) in [5.74, 6) is -1.14. The highest BCUT2D eigenvalue weighted by Gasteiger charge is 2.17. The molecule has 0 heterocycles. The van der Waals surface area contributed by atoms with Gasteiger partial charge in [-0.2, -0.15) is 5.10 Å². The molecule has 0 aliphatic rings. The van der Waals surface area contributed by atoms with E-state index >= 15 is 0 Å². The van der Waals surface area contributed by atoms with Crippen LogP contribution in [0.3, 0.4) is 0 Å². The van der Waals surface area contributed by atoms with Crippen LogP contribution in [0, 0.1) is 0 Å². The Kier molecular flexibility index (Phi) is 4.86. The normalized spacial score (nSPS) is 10.9. The van der Waals surface area contributed by atoms with Crippen molar-refractivity contribution in [2.24, 2.45) is 5.10 Å². The number of anilines is 1. The lowest BCUT2D eigenvalue weighted by molar-refractivity contribution is -0.135. The number of rotatable bonds is 5. The Balaban J connectivity index is 2.80. The zero-order chi connectivity index (χ0) is 13.5. The van der Waals surface area contributed by atoms with Crippen molar-refractivity contribution >= 4 is 23.2 Å². The van der Waals surface area contributed by atoms with E-state index in [1.807, 2.05) is 0 Å². The third kappa shape index (κ3) is 3.89. The zero-order valence-electron chi connectivity index (χ0n) is 10.1. The number of nitrogens with zero attached hydrogens (tertiary/aromatic N) is 1. The first-order valence-corrected chi connectivity index (χ1v) is 5.35. The molecule has 0 fully saturated rings. The first-order chi connectivity index (χ1) is 8.54. The number of phenolic OH excluding ortho intramolecular Hbond substituents is 1. The van der Waals surface area contributed by atoms with Crippen LogP contribution in [0.2, 0.25) is 0 Å². The Labute approximate surface area is 104 Å². The third-order valence-electron chi connectivity index (χ3n) is 1.97. The minimum atomic E-state index is -0.767. The average molecular weight is 250 g/mol. The Morgan fingerprint density at radius 2 is 1.94 bits per heavy atom. The summed E-state index contributed by atoms with van der Waals surface area (Å²) < 4.78 is 4.70. The van der Waals surface area contributed by atoms with Gasteiger partial charge >= 0.3 is 5.97 Å². The van der Waals surface area contributed by atoms with Gasteiger partial charge in [-0.05, 0) is 31.2 Å². The number of hydrogen-bond acceptors (Lipinski definition) is 6. The van der Waals surface area contributed by atoms with E-state index in [0.29, 0.717) is 5.69 Å². The average Bonchev–Trinajstić information content (AvgIpc) is 2.31. The molecule has 0 atom stereocenters. The van der Waals surface area contributed by atoms with Crippen LogP contribution >= 0.6 is 0 Å². The molecular formula is C12H14N2O4. The van der Waals surface area contributed by atoms with Crippen molar-refractivity contribution in [3.8, 4) is 5.75 Å². The number of esters is 1. The van der Waals surface area contributed by atoms with Gasteiger partial charge in [0.05, 0.1) is 12.3 Å². The van der Waals surface area contributed by atoms with Crippen molar-refractivity contribution in [1.29, 1.82) is 0 Å². The molecule has 18 heavy (non-hydrogen) atoms. The summed E-state index contributed by atoms with van der Waals surface area (Å²) in [6.45, 7) is 3.04. The van der Waals surface area contributed by atoms with E-state index in [1.54, 1.807) is 19.1 Å². The molecule has 2 N–H and O–H groups in total. The smallest absolute Gasteiger partial charge is 0.362 e. The van der Waals surface area contributed by atoms with Gasteiger partial charge in [0.15, 0.2) is 5.78 Å².